The summed E-state index contributed by atoms with van der Waals surface area (Å²) in [5.74, 6) is -0.450. The van der Waals surface area contributed by atoms with Crippen LogP contribution in [0.3, 0.4) is 0 Å². The Bertz CT molecular complexity index is 749. The van der Waals surface area contributed by atoms with Gasteiger partial charge >= 0.3 is 0 Å². The molecule has 7 heteroatoms. The number of rotatable bonds is 4. The molecule has 2 rings (SSSR count). The molecule has 0 saturated heterocycles. The average Bonchev–Trinajstić information content (AvgIpc) is 2.79. The summed E-state index contributed by atoms with van der Waals surface area (Å²) in [5, 5.41) is 3.91. The van der Waals surface area contributed by atoms with E-state index in [9.17, 15) is 9.59 Å². The Morgan fingerprint density at radius 2 is 1.91 bits per heavy atom. The predicted octanol–water partition coefficient (Wildman–Crippen LogP) is 4.61. The number of ketones is 1. The number of benzene rings is 1. The van der Waals surface area contributed by atoms with E-state index >= 15 is 0 Å². The molecule has 22 heavy (non-hydrogen) atoms. The third-order valence-corrected chi connectivity index (χ3v) is 4.58. The highest BCUT2D eigenvalue weighted by Crippen LogP contribution is 2.26. The molecule has 1 heterocycles. The molecule has 0 atom stereocenters. The number of nitrogens with zero attached hydrogens (tertiary/aromatic N) is 1. The summed E-state index contributed by atoms with van der Waals surface area (Å²) in [4.78, 5) is 27.9. The molecular formula is C15H12Cl2N2O2S. The molecule has 0 unspecified atom stereocenters. The van der Waals surface area contributed by atoms with Gasteiger partial charge in [-0.15, -0.1) is 0 Å². The van der Waals surface area contributed by atoms with Crippen LogP contribution in [0.2, 0.25) is 10.0 Å². The fourth-order valence-corrected chi connectivity index (χ4v) is 3.14. The van der Waals surface area contributed by atoms with Crippen LogP contribution in [0.15, 0.2) is 24.3 Å². The molecule has 2 aromatic rings. The van der Waals surface area contributed by atoms with Crippen LogP contribution < -0.4 is 5.32 Å². The summed E-state index contributed by atoms with van der Waals surface area (Å²) < 4.78 is 0. The van der Waals surface area contributed by atoms with Crippen LogP contribution in [0.25, 0.3) is 6.08 Å². The standard InChI is InChI=1S/C15H12Cl2N2O2S/c1-8-14(9(2)20)22-15(18-8)19-13(21)7-6-10-11(16)4-3-5-12(10)17/h3-7H,1-2H3,(H,18,19,21)/b7-6+. The average molecular weight is 355 g/mol. The van der Waals surface area contributed by atoms with E-state index < -0.39 is 0 Å². The fourth-order valence-electron chi connectivity index (χ4n) is 1.75. The largest absolute Gasteiger partial charge is 0.298 e. The maximum atomic E-state index is 11.9. The number of hydrogen-bond donors (Lipinski definition) is 1. The van der Waals surface area contributed by atoms with Gasteiger partial charge in [0.25, 0.3) is 0 Å². The van der Waals surface area contributed by atoms with E-state index in [1.54, 1.807) is 25.1 Å². The topological polar surface area (TPSA) is 59.1 Å². The summed E-state index contributed by atoms with van der Waals surface area (Å²) in [7, 11) is 0. The van der Waals surface area contributed by atoms with Gasteiger partial charge in [0.15, 0.2) is 10.9 Å². The van der Waals surface area contributed by atoms with Crippen molar-refractivity contribution in [1.29, 1.82) is 0 Å². The summed E-state index contributed by atoms with van der Waals surface area (Å²) in [5.41, 5.74) is 1.17. The number of nitrogens with one attached hydrogen (secondary N) is 1. The lowest BCUT2D eigenvalue weighted by molar-refractivity contribution is -0.111. The van der Waals surface area contributed by atoms with Crippen LogP contribution in [0, 0.1) is 6.92 Å². The Kier molecular flexibility index (Phi) is 5.34. The lowest BCUT2D eigenvalue weighted by Crippen LogP contribution is -2.07. The van der Waals surface area contributed by atoms with E-state index in [-0.39, 0.29) is 11.7 Å². The molecule has 0 spiro atoms. The Labute approximate surface area is 141 Å². The number of anilines is 1. The van der Waals surface area contributed by atoms with Gasteiger partial charge in [-0.25, -0.2) is 4.98 Å². The minimum atomic E-state index is -0.375. The van der Waals surface area contributed by atoms with Crippen LogP contribution in [-0.4, -0.2) is 16.7 Å². The molecule has 0 aliphatic heterocycles. The molecule has 0 aliphatic carbocycles. The number of halogens is 2. The van der Waals surface area contributed by atoms with Crippen molar-refractivity contribution in [3.63, 3.8) is 0 Å². The van der Waals surface area contributed by atoms with Crippen molar-refractivity contribution in [3.8, 4) is 0 Å². The molecule has 1 N–H and O–H groups in total. The van der Waals surface area contributed by atoms with Crippen molar-refractivity contribution >= 4 is 57.4 Å². The quantitative estimate of drug-likeness (QED) is 0.643. The first-order valence-electron chi connectivity index (χ1n) is 6.30. The van der Waals surface area contributed by atoms with Gasteiger partial charge in [0.1, 0.15) is 0 Å². The SMILES string of the molecule is CC(=O)c1sc(NC(=O)/C=C/c2c(Cl)cccc2Cl)nc1C. The highest BCUT2D eigenvalue weighted by molar-refractivity contribution is 7.17. The van der Waals surface area contributed by atoms with Crippen LogP contribution in [0.5, 0.6) is 0 Å². The Morgan fingerprint density at radius 3 is 2.45 bits per heavy atom. The van der Waals surface area contributed by atoms with Crippen molar-refractivity contribution in [3.05, 3.63) is 50.5 Å². The van der Waals surface area contributed by atoms with Crippen molar-refractivity contribution in [2.24, 2.45) is 0 Å². The minimum absolute atomic E-state index is 0.0751. The third kappa shape index (κ3) is 3.94. The molecule has 0 fully saturated rings. The van der Waals surface area contributed by atoms with Gasteiger partial charge in [-0.3, -0.25) is 14.9 Å². The van der Waals surface area contributed by atoms with Crippen molar-refractivity contribution in [1.82, 2.24) is 4.98 Å². The maximum Gasteiger partial charge on any atom is 0.250 e. The zero-order valence-corrected chi connectivity index (χ0v) is 14.1. The van der Waals surface area contributed by atoms with Crippen LogP contribution in [0.4, 0.5) is 5.13 Å². The van der Waals surface area contributed by atoms with Gasteiger partial charge in [-0.2, -0.15) is 0 Å². The van der Waals surface area contributed by atoms with E-state index in [4.69, 9.17) is 23.2 Å². The lowest BCUT2D eigenvalue weighted by Gasteiger charge is -2.00. The first kappa shape index (κ1) is 16.7. The molecule has 0 saturated carbocycles. The molecule has 0 bridgehead atoms. The molecule has 0 aliphatic rings. The van der Waals surface area contributed by atoms with E-state index in [0.717, 1.165) is 11.3 Å². The number of hydrogen-bond acceptors (Lipinski definition) is 4. The smallest absolute Gasteiger partial charge is 0.250 e. The minimum Gasteiger partial charge on any atom is -0.298 e. The van der Waals surface area contributed by atoms with Gasteiger partial charge < -0.3 is 0 Å². The van der Waals surface area contributed by atoms with Crippen molar-refractivity contribution in [2.75, 3.05) is 5.32 Å². The zero-order chi connectivity index (χ0) is 16.3. The van der Waals surface area contributed by atoms with E-state index in [1.165, 1.54) is 19.1 Å². The van der Waals surface area contributed by atoms with Gasteiger partial charge in [0, 0.05) is 28.6 Å². The number of Topliss-reactive ketones (excluding diaryl/α,β-unsaturated/α-hetero) is 1. The molecule has 4 nitrogen and oxygen atoms in total. The molecule has 1 aromatic carbocycles. The van der Waals surface area contributed by atoms with E-state index in [2.05, 4.69) is 10.3 Å². The predicted molar refractivity (Wildman–Crippen MR) is 91.0 cm³/mol. The third-order valence-electron chi connectivity index (χ3n) is 2.75. The fraction of sp³-hybridized carbons (Fsp3) is 0.133. The molecule has 0 radical (unpaired) electrons. The van der Waals surface area contributed by atoms with Crippen LogP contribution >= 0.6 is 34.5 Å². The first-order valence-corrected chi connectivity index (χ1v) is 7.87. The first-order chi connectivity index (χ1) is 10.4. The van der Waals surface area contributed by atoms with Gasteiger partial charge in [0.05, 0.1) is 10.6 Å². The summed E-state index contributed by atoms with van der Waals surface area (Å²) >= 11 is 13.2. The number of aryl methyl sites for hydroxylation is 1. The van der Waals surface area contributed by atoms with Crippen LogP contribution in [-0.2, 0) is 4.79 Å². The normalized spacial score (nSPS) is 10.9. The second kappa shape index (κ2) is 7.05. The van der Waals surface area contributed by atoms with Crippen LogP contribution in [0.1, 0.15) is 27.9 Å². The highest BCUT2D eigenvalue weighted by Gasteiger charge is 2.12. The van der Waals surface area contributed by atoms with E-state index in [1.807, 2.05) is 0 Å². The number of amides is 1. The second-order valence-electron chi connectivity index (χ2n) is 4.45. The number of carbonyl (C=O) groups excluding carboxylic acids is 2. The lowest BCUT2D eigenvalue weighted by atomic mass is 10.2. The Hall–Kier alpha value is -1.69. The summed E-state index contributed by atoms with van der Waals surface area (Å²) in [6.07, 6.45) is 2.85. The van der Waals surface area contributed by atoms with Crippen molar-refractivity contribution in [2.45, 2.75) is 13.8 Å². The zero-order valence-electron chi connectivity index (χ0n) is 11.8. The Morgan fingerprint density at radius 1 is 1.27 bits per heavy atom. The van der Waals surface area contributed by atoms with Crippen molar-refractivity contribution < 1.29 is 9.59 Å². The molecular weight excluding hydrogens is 343 g/mol. The molecule has 1 amide bonds. The second-order valence-corrected chi connectivity index (χ2v) is 6.26. The number of carbonyl (C=O) groups is 2. The number of aromatic nitrogens is 1. The van der Waals surface area contributed by atoms with Gasteiger partial charge in [-0.05, 0) is 25.1 Å². The van der Waals surface area contributed by atoms with Gasteiger partial charge in [0.2, 0.25) is 5.91 Å². The Balaban J connectivity index is 2.12. The monoisotopic (exact) mass is 354 g/mol. The number of thiazole rings is 1. The van der Waals surface area contributed by atoms with E-state index in [0.29, 0.717) is 31.3 Å². The maximum absolute atomic E-state index is 11.9. The van der Waals surface area contributed by atoms with Gasteiger partial charge in [-0.1, -0.05) is 40.6 Å². The molecule has 114 valence electrons. The summed E-state index contributed by atoms with van der Waals surface area (Å²) in [6.45, 7) is 3.19. The molecule has 1 aromatic heterocycles. The summed E-state index contributed by atoms with van der Waals surface area (Å²) in [6, 6.07) is 5.10. The highest BCUT2D eigenvalue weighted by atomic mass is 35.5.